The first-order valence-corrected chi connectivity index (χ1v) is 12.3. The van der Waals surface area contributed by atoms with Crippen LogP contribution >= 0.6 is 35.3 Å². The fraction of sp³-hybridized carbons (Fsp3) is 0.611. The number of hydrogen-bond acceptors (Lipinski definition) is 7. The molecule has 0 aromatic carbocycles. The molecule has 0 spiro atoms. The van der Waals surface area contributed by atoms with E-state index in [1.165, 1.54) is 15.4 Å². The van der Waals surface area contributed by atoms with Gasteiger partial charge in [-0.05, 0) is 13.3 Å². The van der Waals surface area contributed by atoms with Gasteiger partial charge >= 0.3 is 0 Å². The highest BCUT2D eigenvalue weighted by Crippen LogP contribution is 2.15. The van der Waals surface area contributed by atoms with Crippen LogP contribution in [0.1, 0.15) is 29.4 Å². The van der Waals surface area contributed by atoms with Gasteiger partial charge in [-0.25, -0.2) is 13.4 Å². The molecule has 1 aliphatic heterocycles. The lowest BCUT2D eigenvalue weighted by Gasteiger charge is -2.35. The standard InChI is InChI=1S/C18H28N6O3S2.HI/c1-3-16-13-21-17(28-16)5-7-20-18(19-4-2)23-8-10-24(11-9-23)29(25,26)14-15-6-12-27-22-15;/h6,12-13H,3-5,7-11,14H2,1-2H3,(H,19,20);1H. The van der Waals surface area contributed by atoms with Gasteiger partial charge in [0, 0.05) is 62.8 Å². The van der Waals surface area contributed by atoms with Crippen molar-refractivity contribution in [3.63, 3.8) is 0 Å². The molecule has 1 fully saturated rings. The Labute approximate surface area is 199 Å². The van der Waals surface area contributed by atoms with Gasteiger partial charge in [0.1, 0.15) is 12.0 Å². The lowest BCUT2D eigenvalue weighted by molar-refractivity contribution is 0.260. The monoisotopic (exact) mass is 568 g/mol. The zero-order valence-electron chi connectivity index (χ0n) is 17.3. The van der Waals surface area contributed by atoms with Crippen LogP contribution in [-0.4, -0.2) is 73.0 Å². The maximum Gasteiger partial charge on any atom is 0.220 e. The minimum absolute atomic E-state index is 0. The van der Waals surface area contributed by atoms with E-state index in [4.69, 9.17) is 9.52 Å². The van der Waals surface area contributed by atoms with Crippen LogP contribution in [-0.2, 0) is 28.6 Å². The number of nitrogens with one attached hydrogen (secondary N) is 1. The second kappa shape index (κ2) is 12.0. The molecule has 3 heterocycles. The van der Waals surface area contributed by atoms with Gasteiger partial charge < -0.3 is 14.7 Å². The summed E-state index contributed by atoms with van der Waals surface area (Å²) in [6, 6.07) is 1.58. The zero-order chi connectivity index (χ0) is 20.7. The zero-order valence-corrected chi connectivity index (χ0v) is 21.2. The summed E-state index contributed by atoms with van der Waals surface area (Å²) < 4.78 is 31.4. The normalized spacial score (nSPS) is 15.8. The van der Waals surface area contributed by atoms with Crippen molar-refractivity contribution in [1.82, 2.24) is 24.7 Å². The Morgan fingerprint density at radius 2 is 2.07 bits per heavy atom. The fourth-order valence-corrected chi connectivity index (χ4v) is 5.35. The molecule has 168 valence electrons. The SMILES string of the molecule is CCNC(=NCCc1ncc(CC)s1)N1CCN(S(=O)(=O)Cc2ccon2)CC1.I. The summed E-state index contributed by atoms with van der Waals surface area (Å²) in [6.45, 7) is 7.63. The minimum Gasteiger partial charge on any atom is -0.364 e. The Kier molecular flexibility index (Phi) is 9.97. The molecule has 3 rings (SSSR count). The smallest absolute Gasteiger partial charge is 0.220 e. The Morgan fingerprint density at radius 3 is 2.67 bits per heavy atom. The molecule has 1 N–H and O–H groups in total. The summed E-state index contributed by atoms with van der Waals surface area (Å²) in [5.41, 5.74) is 0.427. The summed E-state index contributed by atoms with van der Waals surface area (Å²) in [7, 11) is -3.40. The summed E-state index contributed by atoms with van der Waals surface area (Å²) in [4.78, 5) is 12.6. The number of sulfonamides is 1. The van der Waals surface area contributed by atoms with Gasteiger partial charge in [0.05, 0.1) is 10.7 Å². The van der Waals surface area contributed by atoms with Gasteiger partial charge in [0.25, 0.3) is 0 Å². The van der Waals surface area contributed by atoms with E-state index in [9.17, 15) is 8.42 Å². The van der Waals surface area contributed by atoms with Crippen molar-refractivity contribution in [3.8, 4) is 0 Å². The summed E-state index contributed by atoms with van der Waals surface area (Å²) in [6.07, 6.45) is 5.14. The molecule has 0 aliphatic carbocycles. The second-order valence-electron chi connectivity index (χ2n) is 6.69. The average molecular weight is 569 g/mol. The first-order chi connectivity index (χ1) is 14.0. The molecule has 12 heteroatoms. The number of aryl methyl sites for hydroxylation is 1. The van der Waals surface area contributed by atoms with Crippen LogP contribution in [0, 0.1) is 0 Å². The number of thiazole rings is 1. The molecule has 1 saturated heterocycles. The number of hydrogen-bond donors (Lipinski definition) is 1. The topological polar surface area (TPSA) is 104 Å². The predicted octanol–water partition coefficient (Wildman–Crippen LogP) is 1.97. The highest BCUT2D eigenvalue weighted by atomic mass is 127. The molecular formula is C18H29IN6O3S2. The maximum atomic E-state index is 12.6. The largest absolute Gasteiger partial charge is 0.364 e. The summed E-state index contributed by atoms with van der Waals surface area (Å²) >= 11 is 1.74. The quantitative estimate of drug-likeness (QED) is 0.295. The molecule has 2 aromatic heterocycles. The maximum absolute atomic E-state index is 12.6. The van der Waals surface area contributed by atoms with Crippen LogP contribution in [0.25, 0.3) is 0 Å². The first kappa shape index (κ1) is 25.0. The third-order valence-electron chi connectivity index (χ3n) is 4.63. The Bertz CT molecular complexity index is 893. The van der Waals surface area contributed by atoms with Crippen LogP contribution in [0.4, 0.5) is 0 Å². The van der Waals surface area contributed by atoms with E-state index >= 15 is 0 Å². The van der Waals surface area contributed by atoms with Crippen molar-refractivity contribution < 1.29 is 12.9 Å². The third-order valence-corrected chi connectivity index (χ3v) is 7.64. The number of nitrogens with zero attached hydrogens (tertiary/aromatic N) is 5. The van der Waals surface area contributed by atoms with Crippen molar-refractivity contribution in [1.29, 1.82) is 0 Å². The average Bonchev–Trinajstić information content (AvgIpc) is 3.39. The van der Waals surface area contributed by atoms with E-state index < -0.39 is 10.0 Å². The molecule has 0 radical (unpaired) electrons. The van der Waals surface area contributed by atoms with E-state index in [0.29, 0.717) is 38.4 Å². The number of aliphatic imine (C=N–C) groups is 1. The van der Waals surface area contributed by atoms with Crippen LogP contribution in [0.5, 0.6) is 0 Å². The van der Waals surface area contributed by atoms with E-state index in [2.05, 4.69) is 27.3 Å². The molecule has 1 aliphatic rings. The number of aromatic nitrogens is 2. The molecule has 0 saturated carbocycles. The molecule has 0 atom stereocenters. The number of piperazine rings is 1. The molecule has 2 aromatic rings. The Morgan fingerprint density at radius 1 is 1.30 bits per heavy atom. The lowest BCUT2D eigenvalue weighted by atomic mass is 10.4. The molecule has 30 heavy (non-hydrogen) atoms. The number of halogens is 1. The summed E-state index contributed by atoms with van der Waals surface area (Å²) in [5, 5.41) is 8.12. The van der Waals surface area contributed by atoms with Gasteiger partial charge in [-0.15, -0.1) is 35.3 Å². The fourth-order valence-electron chi connectivity index (χ4n) is 3.08. The van der Waals surface area contributed by atoms with E-state index in [0.717, 1.165) is 30.4 Å². The Balaban J connectivity index is 0.00000320. The lowest BCUT2D eigenvalue weighted by Crippen LogP contribution is -2.54. The first-order valence-electron chi connectivity index (χ1n) is 9.85. The van der Waals surface area contributed by atoms with Crippen molar-refractivity contribution in [2.24, 2.45) is 4.99 Å². The van der Waals surface area contributed by atoms with Crippen molar-refractivity contribution in [2.75, 3.05) is 39.3 Å². The predicted molar refractivity (Wildman–Crippen MR) is 129 cm³/mol. The highest BCUT2D eigenvalue weighted by molar-refractivity contribution is 14.0. The van der Waals surface area contributed by atoms with Crippen LogP contribution in [0.15, 0.2) is 28.0 Å². The second-order valence-corrected chi connectivity index (χ2v) is 9.86. The van der Waals surface area contributed by atoms with E-state index in [-0.39, 0.29) is 29.7 Å². The van der Waals surface area contributed by atoms with E-state index in [1.54, 1.807) is 17.4 Å². The van der Waals surface area contributed by atoms with Crippen LogP contribution < -0.4 is 5.32 Å². The van der Waals surface area contributed by atoms with Crippen molar-refractivity contribution in [3.05, 3.63) is 34.1 Å². The van der Waals surface area contributed by atoms with Gasteiger partial charge in [-0.3, -0.25) is 4.99 Å². The third kappa shape index (κ3) is 6.89. The van der Waals surface area contributed by atoms with Gasteiger partial charge in [-0.2, -0.15) is 4.31 Å². The van der Waals surface area contributed by atoms with Gasteiger partial charge in [0.2, 0.25) is 10.0 Å². The molecule has 0 bridgehead atoms. The van der Waals surface area contributed by atoms with Gasteiger partial charge in [-0.1, -0.05) is 12.1 Å². The van der Waals surface area contributed by atoms with Crippen molar-refractivity contribution in [2.45, 2.75) is 32.4 Å². The van der Waals surface area contributed by atoms with Gasteiger partial charge in [0.15, 0.2) is 5.96 Å². The molecule has 0 amide bonds. The molecule has 0 unspecified atom stereocenters. The molecular weight excluding hydrogens is 539 g/mol. The minimum atomic E-state index is -3.40. The van der Waals surface area contributed by atoms with Crippen LogP contribution in [0.3, 0.4) is 0 Å². The van der Waals surface area contributed by atoms with Crippen molar-refractivity contribution >= 4 is 51.3 Å². The number of guanidine groups is 1. The highest BCUT2D eigenvalue weighted by Gasteiger charge is 2.28. The summed E-state index contributed by atoms with van der Waals surface area (Å²) in [5.74, 6) is 0.693. The van der Waals surface area contributed by atoms with E-state index in [1.807, 2.05) is 13.1 Å². The Hall–Kier alpha value is -1.25. The number of rotatable bonds is 8. The molecule has 9 nitrogen and oxygen atoms in total. The van der Waals surface area contributed by atoms with Crippen LogP contribution in [0.2, 0.25) is 0 Å².